The topological polar surface area (TPSA) is 62.6 Å². The summed E-state index contributed by atoms with van der Waals surface area (Å²) in [6.45, 7) is 3.70. The second kappa shape index (κ2) is 10.1. The summed E-state index contributed by atoms with van der Waals surface area (Å²) in [7, 11) is 1.54. The lowest BCUT2D eigenvalue weighted by molar-refractivity contribution is -0.131. The number of hydrogen-bond donors (Lipinski definition) is 0. The van der Waals surface area contributed by atoms with Crippen molar-refractivity contribution in [1.29, 1.82) is 5.26 Å². The van der Waals surface area contributed by atoms with Crippen LogP contribution >= 0.6 is 0 Å². The maximum absolute atomic E-state index is 12.4. The van der Waals surface area contributed by atoms with Crippen LogP contribution in [0.25, 0.3) is 0 Å². The smallest absolute Gasteiger partial charge is 0.222 e. The summed E-state index contributed by atoms with van der Waals surface area (Å²) in [5.74, 6) is 1.22. The highest BCUT2D eigenvalue weighted by atomic mass is 16.5. The van der Waals surface area contributed by atoms with Gasteiger partial charge in [0.2, 0.25) is 5.91 Å². The zero-order valence-electron chi connectivity index (χ0n) is 15.3. The standard InChI is InChI=1S/C21H24N2O3/c1-3-23(16-17-8-5-4-6-9-17)21(24)10-7-13-26-19-12-11-18(15-22)14-20(19)25-2/h4-6,8-9,11-12,14H,3,7,10,13,16H2,1-2H3. The molecule has 0 aromatic heterocycles. The van der Waals surface area contributed by atoms with Crippen LogP contribution in [0.1, 0.15) is 30.9 Å². The van der Waals surface area contributed by atoms with E-state index >= 15 is 0 Å². The number of carbonyl (C=O) groups excluding carboxylic acids is 1. The van der Waals surface area contributed by atoms with E-state index in [9.17, 15) is 4.79 Å². The monoisotopic (exact) mass is 352 g/mol. The fraction of sp³-hybridized carbons (Fsp3) is 0.333. The number of rotatable bonds is 9. The molecule has 0 saturated carbocycles. The second-order valence-corrected chi connectivity index (χ2v) is 5.82. The van der Waals surface area contributed by atoms with Gasteiger partial charge in [0, 0.05) is 25.6 Å². The number of nitrogens with zero attached hydrogens (tertiary/aromatic N) is 2. The maximum Gasteiger partial charge on any atom is 0.222 e. The van der Waals surface area contributed by atoms with E-state index in [1.54, 1.807) is 18.2 Å². The molecule has 0 bridgehead atoms. The number of benzene rings is 2. The molecule has 2 rings (SSSR count). The average molecular weight is 352 g/mol. The number of nitriles is 1. The Morgan fingerprint density at radius 3 is 2.58 bits per heavy atom. The molecule has 0 aliphatic carbocycles. The molecule has 0 unspecified atom stereocenters. The molecule has 0 spiro atoms. The minimum Gasteiger partial charge on any atom is -0.493 e. The Bertz CT molecular complexity index is 754. The van der Waals surface area contributed by atoms with Crippen molar-refractivity contribution >= 4 is 5.91 Å². The molecule has 0 N–H and O–H groups in total. The highest BCUT2D eigenvalue weighted by Gasteiger charge is 2.12. The van der Waals surface area contributed by atoms with Crippen LogP contribution < -0.4 is 9.47 Å². The quantitative estimate of drug-likeness (QED) is 0.645. The number of carbonyl (C=O) groups is 1. The summed E-state index contributed by atoms with van der Waals surface area (Å²) >= 11 is 0. The molecule has 2 aromatic carbocycles. The molecule has 2 aromatic rings. The third-order valence-corrected chi connectivity index (χ3v) is 4.04. The van der Waals surface area contributed by atoms with E-state index in [-0.39, 0.29) is 5.91 Å². The zero-order valence-corrected chi connectivity index (χ0v) is 15.3. The minimum atomic E-state index is 0.117. The molecule has 26 heavy (non-hydrogen) atoms. The van der Waals surface area contributed by atoms with Crippen molar-refractivity contribution in [2.24, 2.45) is 0 Å². The van der Waals surface area contributed by atoms with Crippen LogP contribution in [0, 0.1) is 11.3 Å². The number of ether oxygens (including phenoxy) is 2. The van der Waals surface area contributed by atoms with Crippen molar-refractivity contribution in [2.45, 2.75) is 26.3 Å². The second-order valence-electron chi connectivity index (χ2n) is 5.82. The van der Waals surface area contributed by atoms with Crippen LogP contribution in [-0.2, 0) is 11.3 Å². The largest absolute Gasteiger partial charge is 0.493 e. The van der Waals surface area contributed by atoms with Crippen LogP contribution in [0.15, 0.2) is 48.5 Å². The predicted octanol–water partition coefficient (Wildman–Crippen LogP) is 3.77. The summed E-state index contributed by atoms with van der Waals surface area (Å²) in [4.78, 5) is 14.3. The lowest BCUT2D eigenvalue weighted by Gasteiger charge is -2.21. The van der Waals surface area contributed by atoms with E-state index in [0.29, 0.717) is 49.6 Å². The molecule has 0 atom stereocenters. The predicted molar refractivity (Wildman–Crippen MR) is 100.0 cm³/mol. The van der Waals surface area contributed by atoms with E-state index in [2.05, 4.69) is 6.07 Å². The third kappa shape index (κ3) is 5.52. The Labute approximate surface area is 154 Å². The first-order chi connectivity index (χ1) is 12.7. The molecule has 0 heterocycles. The average Bonchev–Trinajstić information content (AvgIpc) is 2.69. The highest BCUT2D eigenvalue weighted by molar-refractivity contribution is 5.76. The third-order valence-electron chi connectivity index (χ3n) is 4.04. The number of hydrogen-bond acceptors (Lipinski definition) is 4. The molecular weight excluding hydrogens is 328 g/mol. The SMILES string of the molecule is CCN(Cc1ccccc1)C(=O)CCCOc1ccc(C#N)cc1OC. The molecule has 0 saturated heterocycles. The van der Waals surface area contributed by atoms with Gasteiger partial charge in [-0.05, 0) is 31.0 Å². The van der Waals surface area contributed by atoms with Gasteiger partial charge in [-0.15, -0.1) is 0 Å². The Morgan fingerprint density at radius 2 is 1.92 bits per heavy atom. The van der Waals surface area contributed by atoms with Gasteiger partial charge >= 0.3 is 0 Å². The van der Waals surface area contributed by atoms with Crippen molar-refractivity contribution in [1.82, 2.24) is 4.90 Å². The van der Waals surface area contributed by atoms with Gasteiger partial charge in [-0.3, -0.25) is 4.79 Å². The van der Waals surface area contributed by atoms with Gasteiger partial charge in [-0.2, -0.15) is 5.26 Å². The summed E-state index contributed by atoms with van der Waals surface area (Å²) in [6, 6.07) is 17.1. The van der Waals surface area contributed by atoms with E-state index in [1.807, 2.05) is 42.2 Å². The van der Waals surface area contributed by atoms with Crippen molar-refractivity contribution < 1.29 is 14.3 Å². The van der Waals surface area contributed by atoms with Gasteiger partial charge in [0.1, 0.15) is 0 Å². The maximum atomic E-state index is 12.4. The van der Waals surface area contributed by atoms with Crippen LogP contribution in [0.5, 0.6) is 11.5 Å². The molecule has 1 amide bonds. The summed E-state index contributed by atoms with van der Waals surface area (Å²) in [6.07, 6.45) is 1.05. The number of methoxy groups -OCH3 is 1. The summed E-state index contributed by atoms with van der Waals surface area (Å²) in [5.41, 5.74) is 1.64. The van der Waals surface area contributed by atoms with Crippen molar-refractivity contribution in [2.75, 3.05) is 20.3 Å². The first-order valence-electron chi connectivity index (χ1n) is 8.70. The molecular formula is C21H24N2O3. The van der Waals surface area contributed by atoms with Crippen molar-refractivity contribution in [3.8, 4) is 17.6 Å². The van der Waals surface area contributed by atoms with E-state index in [0.717, 1.165) is 5.56 Å². The molecule has 0 aliphatic heterocycles. The highest BCUT2D eigenvalue weighted by Crippen LogP contribution is 2.28. The van der Waals surface area contributed by atoms with Crippen LogP contribution in [0.2, 0.25) is 0 Å². The van der Waals surface area contributed by atoms with Crippen LogP contribution in [0.3, 0.4) is 0 Å². The summed E-state index contributed by atoms with van der Waals surface area (Å²) < 4.78 is 10.9. The van der Waals surface area contributed by atoms with Crippen molar-refractivity contribution in [3.63, 3.8) is 0 Å². The van der Waals surface area contributed by atoms with Gasteiger partial charge in [-0.1, -0.05) is 30.3 Å². The first-order valence-corrected chi connectivity index (χ1v) is 8.70. The molecule has 136 valence electrons. The Hall–Kier alpha value is -3.00. The Morgan fingerprint density at radius 1 is 1.15 bits per heavy atom. The zero-order chi connectivity index (χ0) is 18.8. The lowest BCUT2D eigenvalue weighted by Crippen LogP contribution is -2.30. The first kappa shape index (κ1) is 19.3. The molecule has 5 heteroatoms. The Balaban J connectivity index is 1.81. The van der Waals surface area contributed by atoms with E-state index in [1.165, 1.54) is 7.11 Å². The normalized spacial score (nSPS) is 10.0. The van der Waals surface area contributed by atoms with E-state index in [4.69, 9.17) is 14.7 Å². The van der Waals surface area contributed by atoms with Gasteiger partial charge < -0.3 is 14.4 Å². The van der Waals surface area contributed by atoms with Crippen LogP contribution in [0.4, 0.5) is 0 Å². The minimum absolute atomic E-state index is 0.117. The summed E-state index contributed by atoms with van der Waals surface area (Å²) in [5, 5.41) is 8.92. The molecule has 5 nitrogen and oxygen atoms in total. The van der Waals surface area contributed by atoms with Gasteiger partial charge in [0.15, 0.2) is 11.5 Å². The van der Waals surface area contributed by atoms with Gasteiger partial charge in [0.05, 0.1) is 25.3 Å². The molecule has 0 aliphatic rings. The van der Waals surface area contributed by atoms with Gasteiger partial charge in [0.25, 0.3) is 0 Å². The number of amides is 1. The van der Waals surface area contributed by atoms with Gasteiger partial charge in [-0.25, -0.2) is 0 Å². The molecule has 0 fully saturated rings. The van der Waals surface area contributed by atoms with Crippen molar-refractivity contribution in [3.05, 3.63) is 59.7 Å². The molecule has 0 radical (unpaired) electrons. The lowest BCUT2D eigenvalue weighted by atomic mass is 10.2. The Kier molecular flexibility index (Phi) is 7.50. The fourth-order valence-corrected chi connectivity index (χ4v) is 2.60. The van der Waals surface area contributed by atoms with E-state index < -0.39 is 0 Å². The fourth-order valence-electron chi connectivity index (χ4n) is 2.60. The van der Waals surface area contributed by atoms with Crippen LogP contribution in [-0.4, -0.2) is 31.1 Å².